The fourth-order valence-electron chi connectivity index (χ4n) is 1.20. The van der Waals surface area contributed by atoms with Crippen molar-refractivity contribution in [3.05, 3.63) is 29.6 Å². The first kappa shape index (κ1) is 12.8. The summed E-state index contributed by atoms with van der Waals surface area (Å²) in [6, 6.07) is 0.669. The van der Waals surface area contributed by atoms with Crippen LogP contribution in [0.25, 0.3) is 0 Å². The molecule has 2 N–H and O–H groups in total. The molecular formula is C9H9F5N2. The second-order valence-corrected chi connectivity index (χ2v) is 3.27. The molecule has 0 saturated carbocycles. The first-order chi connectivity index (χ1) is 7.26. The van der Waals surface area contributed by atoms with Crippen molar-refractivity contribution in [2.75, 3.05) is 6.54 Å². The number of hydrogen-bond acceptors (Lipinski definition) is 2. The van der Waals surface area contributed by atoms with Crippen molar-refractivity contribution in [2.24, 2.45) is 5.73 Å². The molecule has 0 bridgehead atoms. The number of halogens is 5. The van der Waals surface area contributed by atoms with Crippen molar-refractivity contribution in [1.29, 1.82) is 0 Å². The van der Waals surface area contributed by atoms with Gasteiger partial charge in [-0.15, -0.1) is 0 Å². The minimum Gasteiger partial charge on any atom is -0.325 e. The third-order valence-electron chi connectivity index (χ3n) is 1.96. The molecule has 1 aromatic heterocycles. The summed E-state index contributed by atoms with van der Waals surface area (Å²) in [5.74, 6) is -3.36. The van der Waals surface area contributed by atoms with Gasteiger partial charge in [0, 0.05) is 18.8 Å². The van der Waals surface area contributed by atoms with Crippen molar-refractivity contribution in [2.45, 2.75) is 18.5 Å². The van der Waals surface area contributed by atoms with Gasteiger partial charge < -0.3 is 5.73 Å². The Labute approximate surface area is 88.3 Å². The van der Waals surface area contributed by atoms with E-state index in [0.717, 1.165) is 12.4 Å². The largest absolute Gasteiger partial charge is 0.416 e. The molecule has 0 spiro atoms. The summed E-state index contributed by atoms with van der Waals surface area (Å²) in [5, 5.41) is 0. The van der Waals surface area contributed by atoms with E-state index < -0.39 is 36.2 Å². The van der Waals surface area contributed by atoms with E-state index in [-0.39, 0.29) is 0 Å². The lowest BCUT2D eigenvalue weighted by Gasteiger charge is -2.17. The van der Waals surface area contributed by atoms with Crippen LogP contribution in [0, 0.1) is 0 Å². The molecule has 1 aromatic rings. The molecule has 1 heterocycles. The first-order valence-corrected chi connectivity index (χ1v) is 4.34. The number of alkyl halides is 5. The molecule has 7 heteroatoms. The Morgan fingerprint density at radius 3 is 2.31 bits per heavy atom. The van der Waals surface area contributed by atoms with Gasteiger partial charge in [0.1, 0.15) is 0 Å². The summed E-state index contributed by atoms with van der Waals surface area (Å²) in [6.07, 6.45) is -4.03. The first-order valence-electron chi connectivity index (χ1n) is 4.34. The molecule has 0 unspecified atom stereocenters. The monoisotopic (exact) mass is 240 g/mol. The van der Waals surface area contributed by atoms with Crippen molar-refractivity contribution in [1.82, 2.24) is 4.98 Å². The lowest BCUT2D eigenvalue weighted by atomic mass is 10.0. The van der Waals surface area contributed by atoms with E-state index >= 15 is 0 Å². The SMILES string of the molecule is NCC(F)(F)Cc1cnccc1C(F)(F)F. The number of aromatic nitrogens is 1. The van der Waals surface area contributed by atoms with E-state index in [1.54, 1.807) is 0 Å². The molecule has 0 radical (unpaired) electrons. The summed E-state index contributed by atoms with van der Waals surface area (Å²) in [6.45, 7) is -1.00. The van der Waals surface area contributed by atoms with Crippen LogP contribution in [0.15, 0.2) is 18.5 Å². The molecule has 0 aliphatic heterocycles. The van der Waals surface area contributed by atoms with Gasteiger partial charge in [0.05, 0.1) is 12.1 Å². The van der Waals surface area contributed by atoms with E-state index in [2.05, 4.69) is 4.98 Å². The average molecular weight is 240 g/mol. The molecule has 2 nitrogen and oxygen atoms in total. The van der Waals surface area contributed by atoms with Crippen LogP contribution < -0.4 is 5.73 Å². The van der Waals surface area contributed by atoms with Crippen LogP contribution in [-0.2, 0) is 12.6 Å². The zero-order valence-corrected chi connectivity index (χ0v) is 8.06. The van der Waals surface area contributed by atoms with Crippen LogP contribution in [0.1, 0.15) is 11.1 Å². The van der Waals surface area contributed by atoms with E-state index in [9.17, 15) is 22.0 Å². The normalized spacial score (nSPS) is 12.9. The van der Waals surface area contributed by atoms with Gasteiger partial charge in [0.2, 0.25) is 0 Å². The number of pyridine rings is 1. The third-order valence-corrected chi connectivity index (χ3v) is 1.96. The van der Waals surface area contributed by atoms with Crippen LogP contribution in [-0.4, -0.2) is 17.5 Å². The number of nitrogens with two attached hydrogens (primary N) is 1. The molecule has 0 aromatic carbocycles. The summed E-state index contributed by atoms with van der Waals surface area (Å²) in [4.78, 5) is 3.40. The van der Waals surface area contributed by atoms with Gasteiger partial charge in [-0.05, 0) is 11.6 Å². The van der Waals surface area contributed by atoms with Gasteiger partial charge in [-0.1, -0.05) is 0 Å². The summed E-state index contributed by atoms with van der Waals surface area (Å²) < 4.78 is 63.0. The Balaban J connectivity index is 3.06. The predicted octanol–water partition coefficient (Wildman–Crippen LogP) is 2.24. The Kier molecular flexibility index (Phi) is 3.47. The van der Waals surface area contributed by atoms with Gasteiger partial charge in [-0.2, -0.15) is 13.2 Å². The summed E-state index contributed by atoms with van der Waals surface area (Å²) >= 11 is 0. The van der Waals surface area contributed by atoms with Gasteiger partial charge >= 0.3 is 6.18 Å². The van der Waals surface area contributed by atoms with Crippen LogP contribution in [0.5, 0.6) is 0 Å². The minimum atomic E-state index is -4.66. The Bertz CT molecular complexity index is 361. The van der Waals surface area contributed by atoms with Crippen molar-refractivity contribution < 1.29 is 22.0 Å². The molecule has 90 valence electrons. The van der Waals surface area contributed by atoms with Crippen LogP contribution in [0.4, 0.5) is 22.0 Å². The Morgan fingerprint density at radius 1 is 1.19 bits per heavy atom. The average Bonchev–Trinajstić information content (AvgIpc) is 2.16. The van der Waals surface area contributed by atoms with Crippen molar-refractivity contribution >= 4 is 0 Å². The number of hydrogen-bond donors (Lipinski definition) is 1. The van der Waals surface area contributed by atoms with E-state index in [1.807, 2.05) is 0 Å². The topological polar surface area (TPSA) is 38.9 Å². The molecule has 1 rings (SSSR count). The van der Waals surface area contributed by atoms with E-state index in [4.69, 9.17) is 5.73 Å². The van der Waals surface area contributed by atoms with E-state index in [0.29, 0.717) is 6.07 Å². The van der Waals surface area contributed by atoms with Gasteiger partial charge in [0.15, 0.2) is 0 Å². The van der Waals surface area contributed by atoms with Crippen molar-refractivity contribution in [3.63, 3.8) is 0 Å². The zero-order chi connectivity index (χ0) is 12.4. The maximum Gasteiger partial charge on any atom is 0.416 e. The Morgan fingerprint density at radius 2 is 1.81 bits per heavy atom. The number of rotatable bonds is 3. The second-order valence-electron chi connectivity index (χ2n) is 3.27. The maximum atomic E-state index is 12.9. The fraction of sp³-hybridized carbons (Fsp3) is 0.444. The van der Waals surface area contributed by atoms with Crippen LogP contribution >= 0.6 is 0 Å². The molecule has 0 atom stereocenters. The summed E-state index contributed by atoms with van der Waals surface area (Å²) in [7, 11) is 0. The van der Waals surface area contributed by atoms with Gasteiger partial charge in [0.25, 0.3) is 5.92 Å². The highest BCUT2D eigenvalue weighted by atomic mass is 19.4. The minimum absolute atomic E-state index is 0.551. The maximum absolute atomic E-state index is 12.9. The smallest absolute Gasteiger partial charge is 0.325 e. The highest BCUT2D eigenvalue weighted by Crippen LogP contribution is 2.33. The molecular weight excluding hydrogens is 231 g/mol. The number of nitrogens with zero attached hydrogens (tertiary/aromatic N) is 1. The van der Waals surface area contributed by atoms with Crippen LogP contribution in [0.2, 0.25) is 0 Å². The molecule has 0 saturated heterocycles. The highest BCUT2D eigenvalue weighted by molar-refractivity contribution is 5.27. The Hall–Kier alpha value is -1.24. The molecule has 0 fully saturated rings. The second kappa shape index (κ2) is 4.32. The van der Waals surface area contributed by atoms with Crippen molar-refractivity contribution in [3.8, 4) is 0 Å². The zero-order valence-electron chi connectivity index (χ0n) is 8.06. The lowest BCUT2D eigenvalue weighted by Crippen LogP contribution is -2.31. The standard InChI is InChI=1S/C9H9F5N2/c10-8(11,5-15)3-6-4-16-2-1-7(6)9(12,13)14/h1-2,4H,3,5,15H2. The molecule has 0 amide bonds. The van der Waals surface area contributed by atoms with E-state index in [1.165, 1.54) is 0 Å². The van der Waals surface area contributed by atoms with Gasteiger partial charge in [-0.25, -0.2) is 8.78 Å². The molecule has 0 aliphatic carbocycles. The third kappa shape index (κ3) is 3.13. The summed E-state index contributed by atoms with van der Waals surface area (Å²) in [5.41, 5.74) is 3.11. The highest BCUT2D eigenvalue weighted by Gasteiger charge is 2.36. The van der Waals surface area contributed by atoms with Gasteiger partial charge in [-0.3, -0.25) is 4.98 Å². The fourth-order valence-corrected chi connectivity index (χ4v) is 1.20. The lowest BCUT2D eigenvalue weighted by molar-refractivity contribution is -0.138. The molecule has 16 heavy (non-hydrogen) atoms. The predicted molar refractivity (Wildman–Crippen MR) is 46.9 cm³/mol. The quantitative estimate of drug-likeness (QED) is 0.823. The van der Waals surface area contributed by atoms with Crippen LogP contribution in [0.3, 0.4) is 0 Å². The molecule has 0 aliphatic rings.